The van der Waals surface area contributed by atoms with Crippen LogP contribution in [0.3, 0.4) is 0 Å². The van der Waals surface area contributed by atoms with E-state index in [4.69, 9.17) is 10.5 Å². The summed E-state index contributed by atoms with van der Waals surface area (Å²) in [6.07, 6.45) is 7.65. The molecule has 8 heteroatoms. The van der Waals surface area contributed by atoms with E-state index >= 15 is 0 Å². The van der Waals surface area contributed by atoms with Crippen LogP contribution in [0.1, 0.15) is 50.3 Å². The highest BCUT2D eigenvalue weighted by molar-refractivity contribution is 5.94. The van der Waals surface area contributed by atoms with Gasteiger partial charge in [0.2, 0.25) is 0 Å². The van der Waals surface area contributed by atoms with Crippen LogP contribution in [-0.4, -0.2) is 26.5 Å². The Morgan fingerprint density at radius 3 is 1.56 bits per heavy atom. The van der Waals surface area contributed by atoms with Gasteiger partial charge in [-0.2, -0.15) is 10.2 Å². The van der Waals surface area contributed by atoms with Crippen LogP contribution in [0.2, 0.25) is 0 Å². The van der Waals surface area contributed by atoms with E-state index in [1.165, 1.54) is 0 Å². The lowest BCUT2D eigenvalue weighted by Gasteiger charge is -2.11. The van der Waals surface area contributed by atoms with Gasteiger partial charge in [0.25, 0.3) is 0 Å². The number of ether oxygens (including phenoxy) is 1. The van der Waals surface area contributed by atoms with Crippen LogP contribution in [-0.2, 0) is 11.3 Å². The second-order valence-electron chi connectivity index (χ2n) is 14.6. The summed E-state index contributed by atoms with van der Waals surface area (Å²) < 4.78 is 5.33. The molecule has 0 unspecified atom stereocenters. The molecule has 8 nitrogen and oxygen atoms in total. The monoisotopic (exact) mass is 808 g/mol. The minimum atomic E-state index is -0.503. The van der Waals surface area contributed by atoms with Crippen molar-refractivity contribution in [3.63, 3.8) is 0 Å². The van der Waals surface area contributed by atoms with E-state index in [1.54, 1.807) is 0 Å². The van der Waals surface area contributed by atoms with Crippen LogP contribution in [0.25, 0.3) is 57.3 Å². The fourth-order valence-electron chi connectivity index (χ4n) is 6.91. The maximum absolute atomic E-state index is 12.3. The van der Waals surface area contributed by atoms with Crippen molar-refractivity contribution in [3.05, 3.63) is 239 Å². The molecule has 2 aromatic heterocycles. The molecule has 62 heavy (non-hydrogen) atoms. The number of carbonyl (C=O) groups excluding carboxylic acids is 1. The van der Waals surface area contributed by atoms with Gasteiger partial charge in [0, 0.05) is 22.1 Å². The summed E-state index contributed by atoms with van der Waals surface area (Å²) in [5.74, 6) is 0. The fraction of sp³-hybridized carbons (Fsp3) is 0.0185. The topological polar surface area (TPSA) is 122 Å². The second kappa shape index (κ2) is 19.1. The number of nitrogens with two attached hydrogens (primary N) is 1. The summed E-state index contributed by atoms with van der Waals surface area (Å²) in [4.78, 5) is 12.3. The lowest BCUT2D eigenvalue weighted by atomic mass is 9.98. The molecule has 5 N–H and O–H groups in total. The number of amides is 1. The molecule has 0 atom stereocenters. The first-order valence-corrected chi connectivity index (χ1v) is 20.1. The van der Waals surface area contributed by atoms with Crippen molar-refractivity contribution < 1.29 is 9.53 Å². The minimum Gasteiger partial charge on any atom is -0.444 e. The van der Waals surface area contributed by atoms with Crippen molar-refractivity contribution in [3.8, 4) is 0 Å². The first-order valence-electron chi connectivity index (χ1n) is 20.1. The molecular formula is C54H44N6O2. The van der Waals surface area contributed by atoms with Crippen molar-refractivity contribution in [1.82, 2.24) is 20.4 Å². The number of nitrogen functional groups attached to an aromatic ring is 1. The summed E-state index contributed by atoms with van der Waals surface area (Å²) in [7, 11) is 0. The number of carbonyl (C=O) groups is 1. The Balaban J connectivity index is 0.000000180. The van der Waals surface area contributed by atoms with E-state index in [9.17, 15) is 4.79 Å². The van der Waals surface area contributed by atoms with Crippen molar-refractivity contribution >= 4 is 74.7 Å². The first kappa shape index (κ1) is 40.3. The molecule has 0 saturated heterocycles. The second-order valence-corrected chi connectivity index (χ2v) is 14.6. The number of nitrogens with zero attached hydrogens (tertiary/aromatic N) is 2. The molecule has 0 radical (unpaired) electrons. The summed E-state index contributed by atoms with van der Waals surface area (Å²) in [5.41, 5.74) is 19.9. The Bertz CT molecular complexity index is 3060. The molecule has 0 saturated carbocycles. The third-order valence-electron chi connectivity index (χ3n) is 10.3. The highest BCUT2D eigenvalue weighted by atomic mass is 16.5. The fourth-order valence-corrected chi connectivity index (χ4v) is 6.91. The predicted octanol–water partition coefficient (Wildman–Crippen LogP) is 12.9. The van der Waals surface area contributed by atoms with Gasteiger partial charge in [-0.25, -0.2) is 4.79 Å². The Kier molecular flexibility index (Phi) is 12.4. The van der Waals surface area contributed by atoms with Crippen molar-refractivity contribution in [2.24, 2.45) is 0 Å². The van der Waals surface area contributed by atoms with Gasteiger partial charge in [-0.1, -0.05) is 153 Å². The van der Waals surface area contributed by atoms with E-state index in [1.807, 2.05) is 152 Å². The maximum atomic E-state index is 12.3. The summed E-state index contributed by atoms with van der Waals surface area (Å²) >= 11 is 0. The molecule has 9 rings (SSSR count). The van der Waals surface area contributed by atoms with Gasteiger partial charge in [0.05, 0.1) is 22.4 Å². The third kappa shape index (κ3) is 10.0. The van der Waals surface area contributed by atoms with Gasteiger partial charge >= 0.3 is 6.09 Å². The zero-order valence-corrected chi connectivity index (χ0v) is 34.0. The number of hydrogen-bond acceptors (Lipinski definition) is 5. The van der Waals surface area contributed by atoms with Gasteiger partial charge in [-0.15, -0.1) is 0 Å². The largest absolute Gasteiger partial charge is 0.444 e. The molecule has 9 aromatic rings. The summed E-state index contributed by atoms with van der Waals surface area (Å²) in [5, 5.41) is 20.1. The van der Waals surface area contributed by atoms with Crippen molar-refractivity contribution in [2.75, 3.05) is 11.1 Å². The maximum Gasteiger partial charge on any atom is 0.411 e. The van der Waals surface area contributed by atoms with Gasteiger partial charge in [-0.05, 0) is 111 Å². The number of anilines is 2. The molecule has 0 aliphatic rings. The highest BCUT2D eigenvalue weighted by Gasteiger charge is 2.11. The first-order chi connectivity index (χ1) is 30.4. The van der Waals surface area contributed by atoms with Crippen LogP contribution in [0.5, 0.6) is 0 Å². The van der Waals surface area contributed by atoms with Crippen LogP contribution < -0.4 is 11.1 Å². The average molecular weight is 809 g/mol. The summed E-state index contributed by atoms with van der Waals surface area (Å²) in [6.45, 7) is 8.72. The Hall–Kier alpha value is -8.49. The minimum absolute atomic E-state index is 0.214. The predicted molar refractivity (Wildman–Crippen MR) is 257 cm³/mol. The van der Waals surface area contributed by atoms with Crippen LogP contribution in [0.15, 0.2) is 189 Å². The van der Waals surface area contributed by atoms with Gasteiger partial charge in [-0.3, -0.25) is 15.5 Å². The highest BCUT2D eigenvalue weighted by Crippen LogP contribution is 2.29. The summed E-state index contributed by atoms with van der Waals surface area (Å²) in [6, 6.07) is 57.6. The van der Waals surface area contributed by atoms with Crippen LogP contribution in [0, 0.1) is 0 Å². The lowest BCUT2D eigenvalue weighted by molar-refractivity contribution is 0.155. The average Bonchev–Trinajstić information content (AvgIpc) is 3.93. The molecule has 0 fully saturated rings. The van der Waals surface area contributed by atoms with E-state index < -0.39 is 6.09 Å². The molecule has 0 spiro atoms. The molecule has 7 aromatic carbocycles. The van der Waals surface area contributed by atoms with Crippen molar-refractivity contribution in [2.45, 2.75) is 6.61 Å². The quantitative estimate of drug-likeness (QED) is 0.0970. The van der Waals surface area contributed by atoms with E-state index in [0.717, 1.165) is 89.0 Å². The smallest absolute Gasteiger partial charge is 0.411 e. The number of hydrogen-bond donors (Lipinski definition) is 4. The molecule has 0 bridgehead atoms. The van der Waals surface area contributed by atoms with Gasteiger partial charge in [0.1, 0.15) is 6.61 Å². The van der Waals surface area contributed by atoms with E-state index in [0.29, 0.717) is 5.69 Å². The number of fused-ring (bicyclic) bond motifs is 2. The van der Waals surface area contributed by atoms with Crippen molar-refractivity contribution in [1.29, 1.82) is 0 Å². The Morgan fingerprint density at radius 1 is 0.548 bits per heavy atom. The standard InChI is InChI=1S/C31H25N3O2.C23H19N3/c1-22(25-13-8-14-27(19-25)32-31(35)36-21-24-11-6-3-7-12-24)26-16-17-28-29(33-34-30(28)20-26)18-15-23-9-4-2-5-10-23;1-16(18-8-5-9-20(24)14-18)19-11-12-21-22(25-26-23(21)15-19)13-10-17-6-3-2-4-7-17/h2-20H,1,21H2,(H,32,35)(H,33,34);2-15H,1,24H2,(H,25,26)/b18-15+;13-10+. The number of nitrogens with one attached hydrogen (secondary N) is 3. The normalized spacial score (nSPS) is 11.1. The Morgan fingerprint density at radius 2 is 1.03 bits per heavy atom. The molecular weight excluding hydrogens is 765 g/mol. The molecule has 0 aliphatic carbocycles. The van der Waals surface area contributed by atoms with Gasteiger partial charge < -0.3 is 10.5 Å². The molecule has 0 aliphatic heterocycles. The van der Waals surface area contributed by atoms with Crippen LogP contribution >= 0.6 is 0 Å². The SMILES string of the molecule is C=C(c1cccc(N)c1)c1ccc2c(/C=C/c3ccccc3)n[nH]c2c1.C=C(c1cccc(NC(=O)OCc2ccccc2)c1)c1ccc2c(/C=C/c3ccccc3)n[nH]c2c1. The lowest BCUT2D eigenvalue weighted by Crippen LogP contribution is -2.13. The number of rotatable bonds is 11. The van der Waals surface area contributed by atoms with E-state index in [-0.39, 0.29) is 6.61 Å². The number of H-pyrrole nitrogens is 2. The molecule has 2 heterocycles. The zero-order chi connectivity index (χ0) is 42.7. The van der Waals surface area contributed by atoms with Gasteiger partial charge in [0.15, 0.2) is 0 Å². The number of aromatic nitrogens is 4. The van der Waals surface area contributed by atoms with E-state index in [2.05, 4.69) is 87.4 Å². The molecule has 302 valence electrons. The van der Waals surface area contributed by atoms with Crippen LogP contribution in [0.4, 0.5) is 16.2 Å². The third-order valence-corrected chi connectivity index (χ3v) is 10.3. The number of benzene rings is 7. The zero-order valence-electron chi connectivity index (χ0n) is 34.0. The molecule has 1 amide bonds. The Labute approximate surface area is 360 Å². The number of aromatic amines is 2.